The van der Waals surface area contributed by atoms with Crippen LogP contribution < -0.4 is 10.2 Å². The molecule has 0 aromatic heterocycles. The van der Waals surface area contributed by atoms with E-state index in [1.807, 2.05) is 44.2 Å². The summed E-state index contributed by atoms with van der Waals surface area (Å²) in [5.74, 6) is -0.548. The number of nitrogens with zero attached hydrogens (tertiary/aromatic N) is 2. The van der Waals surface area contributed by atoms with Crippen molar-refractivity contribution in [3.63, 3.8) is 0 Å². The third-order valence-corrected chi connectivity index (χ3v) is 9.00. The number of benzene rings is 2. The van der Waals surface area contributed by atoms with E-state index in [-0.39, 0.29) is 43.7 Å². The van der Waals surface area contributed by atoms with Crippen LogP contribution in [0.25, 0.3) is 0 Å². The minimum Gasteiger partial charge on any atom is -0.356 e. The molecule has 4 rings (SSSR count). The topological polar surface area (TPSA) is 154 Å². The summed E-state index contributed by atoms with van der Waals surface area (Å²) < 4.78 is 4.72. The number of imide groups is 1. The van der Waals surface area contributed by atoms with Crippen LogP contribution in [-0.4, -0.2) is 70.1 Å². The standard InChI is InChI=1S/C31H38N3O7PS.C3H4O.C2H6/c35-28(16-18-33-30(37)21-27(31(33)38)43-20-8-2-1-7-19-41-42(39)40)32-17-15-29(36)34-22-25-11-4-3-9-23(25)13-14-24-10-5-6-12-26(24)34;1-2-3-4;1-2/h3-6,9-12,21,39-40H,1-2,7-8,13-20,22H2,(H,32,35);2-3H,1H2;1-2H3. The molecule has 0 saturated heterocycles. The number of aryl methyl sites for hydroxylation is 2. The third kappa shape index (κ3) is 14.4. The van der Waals surface area contributed by atoms with Crippen LogP contribution in [0.1, 0.15) is 69.1 Å². The number of nitrogens with one attached hydrogen (secondary N) is 1. The van der Waals surface area contributed by atoms with Crippen molar-refractivity contribution in [3.05, 3.63) is 88.9 Å². The lowest BCUT2D eigenvalue weighted by Gasteiger charge is -2.29. The molecule has 2 aromatic rings. The number of fused-ring (bicyclic) bond motifs is 2. The first-order valence-corrected chi connectivity index (χ1v) is 18.7. The summed E-state index contributed by atoms with van der Waals surface area (Å²) >= 11 is 1.33. The minimum absolute atomic E-state index is 0.0213. The molecule has 0 aliphatic carbocycles. The average molecular weight is 714 g/mol. The Morgan fingerprint density at radius 2 is 1.59 bits per heavy atom. The fourth-order valence-electron chi connectivity index (χ4n) is 5.12. The van der Waals surface area contributed by atoms with Gasteiger partial charge in [0, 0.05) is 37.7 Å². The van der Waals surface area contributed by atoms with E-state index in [1.54, 1.807) is 4.90 Å². The summed E-state index contributed by atoms with van der Waals surface area (Å²) in [6.07, 6.45) is 8.31. The molecule has 0 spiro atoms. The first-order chi connectivity index (χ1) is 23.7. The number of thioether (sulfide) groups is 1. The van der Waals surface area contributed by atoms with Gasteiger partial charge in [0.2, 0.25) is 11.8 Å². The van der Waals surface area contributed by atoms with Gasteiger partial charge in [-0.3, -0.25) is 28.9 Å². The largest absolute Gasteiger partial charge is 0.356 e. The van der Waals surface area contributed by atoms with E-state index >= 15 is 0 Å². The van der Waals surface area contributed by atoms with Crippen molar-refractivity contribution in [2.45, 2.75) is 71.8 Å². The van der Waals surface area contributed by atoms with Gasteiger partial charge in [0.1, 0.15) is 6.29 Å². The highest BCUT2D eigenvalue weighted by Crippen LogP contribution is 2.29. The number of hydrogen-bond donors (Lipinski definition) is 3. The van der Waals surface area contributed by atoms with Gasteiger partial charge in [-0.1, -0.05) is 75.7 Å². The van der Waals surface area contributed by atoms with E-state index in [1.165, 1.54) is 29.5 Å². The van der Waals surface area contributed by atoms with Crippen LogP contribution >= 0.6 is 20.4 Å². The zero-order valence-electron chi connectivity index (χ0n) is 28.3. The molecule has 0 saturated carbocycles. The molecule has 0 radical (unpaired) electrons. The van der Waals surface area contributed by atoms with Crippen LogP contribution in [0.3, 0.4) is 0 Å². The minimum atomic E-state index is -2.31. The highest BCUT2D eigenvalue weighted by atomic mass is 32.2. The smallest absolute Gasteiger partial charge is 0.327 e. The molecule has 13 heteroatoms. The van der Waals surface area contributed by atoms with E-state index in [2.05, 4.69) is 30.1 Å². The third-order valence-electron chi connectivity index (χ3n) is 7.49. The van der Waals surface area contributed by atoms with Gasteiger partial charge in [0.15, 0.2) is 0 Å². The number of rotatable bonds is 16. The quantitative estimate of drug-likeness (QED) is 0.0684. The number of amides is 4. The Kier molecular flexibility index (Phi) is 20.0. The van der Waals surface area contributed by atoms with Crippen molar-refractivity contribution in [1.29, 1.82) is 0 Å². The van der Waals surface area contributed by atoms with Crippen molar-refractivity contribution in [1.82, 2.24) is 10.2 Å². The first-order valence-electron chi connectivity index (χ1n) is 16.5. The van der Waals surface area contributed by atoms with E-state index < -0.39 is 14.5 Å². The van der Waals surface area contributed by atoms with Crippen molar-refractivity contribution in [2.75, 3.05) is 30.3 Å². The molecule has 2 aromatic carbocycles. The average Bonchev–Trinajstić information content (AvgIpc) is 3.37. The van der Waals surface area contributed by atoms with Crippen LogP contribution in [0.15, 0.2) is 72.2 Å². The summed E-state index contributed by atoms with van der Waals surface area (Å²) in [4.78, 5) is 80.7. The summed E-state index contributed by atoms with van der Waals surface area (Å²) in [6, 6.07) is 16.1. The van der Waals surface area contributed by atoms with Gasteiger partial charge in [-0.25, -0.2) is 0 Å². The number of anilines is 1. The van der Waals surface area contributed by atoms with Crippen LogP contribution in [0, 0.1) is 0 Å². The Labute approximate surface area is 294 Å². The van der Waals surface area contributed by atoms with Crippen LogP contribution in [0.2, 0.25) is 0 Å². The van der Waals surface area contributed by atoms with Gasteiger partial charge in [-0.15, -0.1) is 11.8 Å². The normalized spacial score (nSPS) is 13.4. The highest BCUT2D eigenvalue weighted by Gasteiger charge is 2.31. The Morgan fingerprint density at radius 3 is 2.29 bits per heavy atom. The molecular weight excluding hydrogens is 665 g/mol. The number of para-hydroxylation sites is 1. The summed E-state index contributed by atoms with van der Waals surface area (Å²) in [6.45, 7) is 8.02. The first kappa shape index (κ1) is 41.5. The van der Waals surface area contributed by atoms with Crippen molar-refractivity contribution in [3.8, 4) is 0 Å². The monoisotopic (exact) mass is 713 g/mol. The number of aldehydes is 1. The summed E-state index contributed by atoms with van der Waals surface area (Å²) in [5, 5.41) is 2.76. The maximum atomic E-state index is 13.3. The fraction of sp³-hybridized carbons (Fsp3) is 0.417. The molecule has 0 unspecified atom stereocenters. The van der Waals surface area contributed by atoms with Crippen molar-refractivity contribution < 1.29 is 38.3 Å². The van der Waals surface area contributed by atoms with E-state index in [4.69, 9.17) is 19.1 Å². The molecule has 0 fully saturated rings. The summed E-state index contributed by atoms with van der Waals surface area (Å²) in [5.41, 5.74) is 4.36. The fourth-order valence-corrected chi connectivity index (χ4v) is 6.40. The number of carbonyl (C=O) groups excluding carboxylic acids is 5. The molecule has 2 heterocycles. The number of carbonyl (C=O) groups is 5. The van der Waals surface area contributed by atoms with Crippen LogP contribution in [-0.2, 0) is 47.9 Å². The van der Waals surface area contributed by atoms with Crippen LogP contribution in [0.5, 0.6) is 0 Å². The van der Waals surface area contributed by atoms with Gasteiger partial charge in [-0.2, -0.15) is 0 Å². The Morgan fingerprint density at radius 1 is 0.959 bits per heavy atom. The Balaban J connectivity index is 0.00000129. The van der Waals surface area contributed by atoms with Gasteiger partial charge in [-0.05, 0) is 60.3 Å². The zero-order chi connectivity index (χ0) is 36.0. The van der Waals surface area contributed by atoms with E-state index in [0.717, 1.165) is 60.2 Å². The number of allylic oxidation sites excluding steroid dienone is 1. The van der Waals surface area contributed by atoms with Crippen molar-refractivity contribution in [2.24, 2.45) is 0 Å². The molecule has 49 heavy (non-hydrogen) atoms. The molecule has 266 valence electrons. The molecule has 2 aliphatic rings. The second-order valence-electron chi connectivity index (χ2n) is 10.8. The van der Waals surface area contributed by atoms with Crippen molar-refractivity contribution >= 4 is 56.0 Å². The van der Waals surface area contributed by atoms with E-state index in [9.17, 15) is 19.2 Å². The lowest BCUT2D eigenvalue weighted by atomic mass is 9.95. The molecule has 11 nitrogen and oxygen atoms in total. The van der Waals surface area contributed by atoms with Gasteiger partial charge in [0.05, 0.1) is 18.1 Å². The Bertz CT molecular complexity index is 1430. The molecule has 0 atom stereocenters. The number of hydrogen-bond acceptors (Lipinski definition) is 9. The molecule has 0 bridgehead atoms. The zero-order valence-corrected chi connectivity index (χ0v) is 30.1. The SMILES string of the molecule is C=CC=O.CC.O=C(CCN1C(=O)C=C(SCCCCCCOP(O)O)C1=O)NCCC(=O)N1Cc2ccccc2CCc2ccccc21. The predicted octanol–water partition coefficient (Wildman–Crippen LogP) is 5.39. The number of unbranched alkanes of at least 4 members (excludes halogenated alkanes) is 3. The van der Waals surface area contributed by atoms with Gasteiger partial charge >= 0.3 is 8.60 Å². The lowest BCUT2D eigenvalue weighted by Crippen LogP contribution is -2.37. The maximum Gasteiger partial charge on any atom is 0.327 e. The summed E-state index contributed by atoms with van der Waals surface area (Å²) in [7, 11) is -2.31. The molecule has 2 aliphatic heterocycles. The van der Waals surface area contributed by atoms with E-state index in [0.29, 0.717) is 30.1 Å². The Hall–Kier alpha value is -3.67. The van der Waals surface area contributed by atoms with Crippen LogP contribution in [0.4, 0.5) is 5.69 Å². The predicted molar refractivity (Wildman–Crippen MR) is 194 cm³/mol. The van der Waals surface area contributed by atoms with Gasteiger partial charge < -0.3 is 24.5 Å². The lowest BCUT2D eigenvalue weighted by molar-refractivity contribution is -0.137. The second-order valence-corrected chi connectivity index (χ2v) is 12.7. The molecular formula is C36H48N3O8PS. The molecule has 4 amide bonds. The second kappa shape index (κ2) is 23.6. The van der Waals surface area contributed by atoms with Gasteiger partial charge in [0.25, 0.3) is 11.8 Å². The highest BCUT2D eigenvalue weighted by molar-refractivity contribution is 8.04. The molecule has 3 N–H and O–H groups in total. The maximum absolute atomic E-state index is 13.3.